The van der Waals surface area contributed by atoms with E-state index in [-0.39, 0.29) is 11.7 Å². The Morgan fingerprint density at radius 3 is 2.68 bits per heavy atom. The lowest BCUT2D eigenvalue weighted by Crippen LogP contribution is -2.26. The van der Waals surface area contributed by atoms with Crippen molar-refractivity contribution in [2.24, 2.45) is 5.92 Å². The van der Waals surface area contributed by atoms with Crippen LogP contribution in [0.2, 0.25) is 0 Å². The predicted molar refractivity (Wildman–Crippen MR) is 85.7 cm³/mol. The summed E-state index contributed by atoms with van der Waals surface area (Å²) in [6.45, 7) is 4.86. The maximum Gasteiger partial charge on any atom is 0.269 e. The van der Waals surface area contributed by atoms with Crippen LogP contribution in [0.1, 0.15) is 30.8 Å². The van der Waals surface area contributed by atoms with Crippen LogP contribution in [0.25, 0.3) is 0 Å². The Hall–Kier alpha value is -2.43. The van der Waals surface area contributed by atoms with Crippen molar-refractivity contribution in [2.75, 3.05) is 11.9 Å². The van der Waals surface area contributed by atoms with Crippen molar-refractivity contribution < 1.29 is 9.18 Å². The van der Waals surface area contributed by atoms with Crippen LogP contribution in [0.15, 0.2) is 42.6 Å². The summed E-state index contributed by atoms with van der Waals surface area (Å²) < 4.78 is 13.1. The van der Waals surface area contributed by atoms with Gasteiger partial charge in [0.1, 0.15) is 11.5 Å². The maximum absolute atomic E-state index is 13.1. The molecule has 0 saturated heterocycles. The third kappa shape index (κ3) is 4.84. The number of rotatable bonds is 6. The van der Waals surface area contributed by atoms with Gasteiger partial charge in [-0.3, -0.25) is 4.79 Å². The lowest BCUT2D eigenvalue weighted by molar-refractivity contribution is 0.0947. The minimum atomic E-state index is -0.306. The van der Waals surface area contributed by atoms with Gasteiger partial charge in [0.15, 0.2) is 0 Å². The van der Waals surface area contributed by atoms with Gasteiger partial charge in [-0.05, 0) is 42.7 Å². The molecule has 2 aromatic rings. The van der Waals surface area contributed by atoms with Crippen LogP contribution in [0.3, 0.4) is 0 Å². The molecule has 2 rings (SSSR count). The number of benzene rings is 1. The molecule has 116 valence electrons. The Morgan fingerprint density at radius 2 is 2.05 bits per heavy atom. The van der Waals surface area contributed by atoms with Crippen molar-refractivity contribution in [3.63, 3.8) is 0 Å². The molecule has 0 fully saturated rings. The Balaban J connectivity index is 1.93. The van der Waals surface area contributed by atoms with Gasteiger partial charge in [0, 0.05) is 12.2 Å². The average Bonchev–Trinajstić information content (AvgIpc) is 2.47. The van der Waals surface area contributed by atoms with E-state index in [4.69, 9.17) is 0 Å². The number of pyridine rings is 1. The topological polar surface area (TPSA) is 54.0 Å². The molecule has 1 heterocycles. The molecule has 1 amide bonds. The SMILES string of the molecule is CC(C)CCNC(=O)c1ccc(Nc2cccc(F)c2)cn1. The molecule has 0 unspecified atom stereocenters. The minimum absolute atomic E-state index is 0.182. The number of amides is 1. The van der Waals surface area contributed by atoms with Crippen LogP contribution in [0.4, 0.5) is 15.8 Å². The van der Waals surface area contributed by atoms with Gasteiger partial charge in [-0.2, -0.15) is 0 Å². The van der Waals surface area contributed by atoms with Crippen molar-refractivity contribution in [2.45, 2.75) is 20.3 Å². The summed E-state index contributed by atoms with van der Waals surface area (Å²) >= 11 is 0. The van der Waals surface area contributed by atoms with Crippen LogP contribution in [0.5, 0.6) is 0 Å². The normalized spacial score (nSPS) is 10.5. The van der Waals surface area contributed by atoms with Gasteiger partial charge in [0.05, 0.1) is 11.9 Å². The summed E-state index contributed by atoms with van der Waals surface area (Å²) in [6.07, 6.45) is 2.49. The highest BCUT2D eigenvalue weighted by molar-refractivity contribution is 5.92. The van der Waals surface area contributed by atoms with E-state index >= 15 is 0 Å². The molecule has 0 aliphatic carbocycles. The number of nitrogens with zero attached hydrogens (tertiary/aromatic N) is 1. The number of carbonyl (C=O) groups excluding carboxylic acids is 1. The number of hydrogen-bond acceptors (Lipinski definition) is 3. The highest BCUT2D eigenvalue weighted by Gasteiger charge is 2.07. The molecule has 2 N–H and O–H groups in total. The summed E-state index contributed by atoms with van der Waals surface area (Å²) in [4.78, 5) is 16.0. The summed E-state index contributed by atoms with van der Waals surface area (Å²) in [7, 11) is 0. The monoisotopic (exact) mass is 301 g/mol. The predicted octanol–water partition coefficient (Wildman–Crippen LogP) is 3.74. The Morgan fingerprint density at radius 1 is 1.23 bits per heavy atom. The number of anilines is 2. The Labute approximate surface area is 129 Å². The molecule has 1 aromatic heterocycles. The second kappa shape index (κ2) is 7.54. The number of nitrogens with one attached hydrogen (secondary N) is 2. The number of hydrogen-bond donors (Lipinski definition) is 2. The molecule has 0 bridgehead atoms. The molecule has 0 saturated carbocycles. The first kappa shape index (κ1) is 15.9. The van der Waals surface area contributed by atoms with Crippen LogP contribution >= 0.6 is 0 Å². The quantitative estimate of drug-likeness (QED) is 0.854. The summed E-state index contributed by atoms with van der Waals surface area (Å²) in [5.41, 5.74) is 1.70. The lowest BCUT2D eigenvalue weighted by atomic mass is 10.1. The first-order valence-corrected chi connectivity index (χ1v) is 7.31. The Kier molecular flexibility index (Phi) is 5.47. The van der Waals surface area contributed by atoms with Gasteiger partial charge in [-0.25, -0.2) is 9.37 Å². The molecule has 22 heavy (non-hydrogen) atoms. The van der Waals surface area contributed by atoms with Crippen molar-refractivity contribution in [3.05, 3.63) is 54.1 Å². The second-order valence-electron chi connectivity index (χ2n) is 5.51. The molecule has 1 aromatic carbocycles. The van der Waals surface area contributed by atoms with E-state index in [0.717, 1.165) is 6.42 Å². The fourth-order valence-electron chi connectivity index (χ4n) is 1.90. The van der Waals surface area contributed by atoms with Crippen molar-refractivity contribution >= 4 is 17.3 Å². The molecule has 4 nitrogen and oxygen atoms in total. The third-order valence-corrected chi connectivity index (χ3v) is 3.12. The van der Waals surface area contributed by atoms with E-state index in [9.17, 15) is 9.18 Å². The van der Waals surface area contributed by atoms with Crippen molar-refractivity contribution in [1.29, 1.82) is 0 Å². The molecule has 5 heteroatoms. The molecule has 0 aliphatic heterocycles. The van der Waals surface area contributed by atoms with Crippen LogP contribution in [0, 0.1) is 11.7 Å². The zero-order chi connectivity index (χ0) is 15.9. The van der Waals surface area contributed by atoms with Gasteiger partial charge in [-0.1, -0.05) is 19.9 Å². The molecular weight excluding hydrogens is 281 g/mol. The highest BCUT2D eigenvalue weighted by atomic mass is 19.1. The summed E-state index contributed by atoms with van der Waals surface area (Å²) in [5, 5.41) is 5.87. The molecule has 0 aliphatic rings. The van der Waals surface area contributed by atoms with Crippen molar-refractivity contribution in [1.82, 2.24) is 10.3 Å². The van der Waals surface area contributed by atoms with E-state index in [2.05, 4.69) is 29.5 Å². The second-order valence-corrected chi connectivity index (χ2v) is 5.51. The molecule has 0 spiro atoms. The van der Waals surface area contributed by atoms with E-state index in [1.165, 1.54) is 12.1 Å². The zero-order valence-corrected chi connectivity index (χ0v) is 12.8. The fourth-order valence-corrected chi connectivity index (χ4v) is 1.90. The number of carbonyl (C=O) groups is 1. The first-order valence-electron chi connectivity index (χ1n) is 7.31. The zero-order valence-electron chi connectivity index (χ0n) is 12.8. The standard InChI is InChI=1S/C17H20FN3O/c1-12(2)8-9-19-17(22)16-7-6-15(11-20-16)21-14-5-3-4-13(18)10-14/h3-7,10-12,21H,8-9H2,1-2H3,(H,19,22). The van der Waals surface area contributed by atoms with Crippen LogP contribution in [-0.4, -0.2) is 17.4 Å². The number of halogens is 1. The largest absolute Gasteiger partial charge is 0.354 e. The molecular formula is C17H20FN3O. The van der Waals surface area contributed by atoms with E-state index < -0.39 is 0 Å². The van der Waals surface area contributed by atoms with Gasteiger partial charge in [0.2, 0.25) is 0 Å². The minimum Gasteiger partial charge on any atom is -0.354 e. The summed E-state index contributed by atoms with van der Waals surface area (Å²) in [6, 6.07) is 9.55. The van der Waals surface area contributed by atoms with E-state index in [1.54, 1.807) is 30.5 Å². The number of aromatic nitrogens is 1. The highest BCUT2D eigenvalue weighted by Crippen LogP contribution is 2.16. The van der Waals surface area contributed by atoms with E-state index in [0.29, 0.717) is 29.5 Å². The first-order chi connectivity index (χ1) is 10.5. The lowest BCUT2D eigenvalue weighted by Gasteiger charge is -2.08. The van der Waals surface area contributed by atoms with E-state index in [1.807, 2.05) is 0 Å². The average molecular weight is 301 g/mol. The van der Waals surface area contributed by atoms with Gasteiger partial charge in [-0.15, -0.1) is 0 Å². The van der Waals surface area contributed by atoms with Crippen LogP contribution in [-0.2, 0) is 0 Å². The van der Waals surface area contributed by atoms with Gasteiger partial charge in [0.25, 0.3) is 5.91 Å². The van der Waals surface area contributed by atoms with Gasteiger partial charge >= 0.3 is 0 Å². The maximum atomic E-state index is 13.1. The third-order valence-electron chi connectivity index (χ3n) is 3.12. The molecule has 0 atom stereocenters. The fraction of sp³-hybridized carbons (Fsp3) is 0.294. The smallest absolute Gasteiger partial charge is 0.269 e. The summed E-state index contributed by atoms with van der Waals surface area (Å²) in [5.74, 6) is 0.0585. The van der Waals surface area contributed by atoms with Gasteiger partial charge < -0.3 is 10.6 Å². The molecule has 0 radical (unpaired) electrons. The van der Waals surface area contributed by atoms with Crippen LogP contribution < -0.4 is 10.6 Å². The van der Waals surface area contributed by atoms with Crippen molar-refractivity contribution in [3.8, 4) is 0 Å². The Bertz CT molecular complexity index is 626.